The van der Waals surface area contributed by atoms with E-state index in [1.165, 1.54) is 12.1 Å². The minimum Gasteiger partial charge on any atom is -1.00 e. The third kappa shape index (κ3) is 4.53. The van der Waals surface area contributed by atoms with Crippen LogP contribution in [0.2, 0.25) is 0 Å². The summed E-state index contributed by atoms with van der Waals surface area (Å²) in [5.41, 5.74) is -0.273. The molecule has 0 aliphatic carbocycles. The molecule has 1 aromatic carbocycles. The van der Waals surface area contributed by atoms with Gasteiger partial charge < -0.3 is 12.4 Å². The third-order valence-electron chi connectivity index (χ3n) is 1.25. The van der Waals surface area contributed by atoms with Crippen molar-refractivity contribution in [3.63, 3.8) is 0 Å². The van der Waals surface area contributed by atoms with Crippen LogP contribution in [0.5, 0.6) is 0 Å². The Labute approximate surface area is 93.7 Å². The molecule has 0 N–H and O–H groups in total. The van der Waals surface area contributed by atoms with Crippen LogP contribution in [0, 0.1) is 6.92 Å². The first-order chi connectivity index (χ1) is 5.00. The van der Waals surface area contributed by atoms with E-state index in [0.717, 1.165) is 12.1 Å². The molecule has 0 atom stereocenters. The van der Waals surface area contributed by atoms with Gasteiger partial charge in [-0.3, -0.25) is 0 Å². The summed E-state index contributed by atoms with van der Waals surface area (Å²) in [7, 11) is 0. The molecule has 0 fully saturated rings. The van der Waals surface area contributed by atoms with Crippen LogP contribution in [0.3, 0.4) is 0 Å². The predicted molar refractivity (Wildman–Crippen MR) is 35.9 cm³/mol. The van der Waals surface area contributed by atoms with E-state index in [9.17, 15) is 13.2 Å². The van der Waals surface area contributed by atoms with E-state index < -0.39 is 11.7 Å². The first kappa shape index (κ1) is 15.3. The van der Waals surface area contributed by atoms with E-state index in [4.69, 9.17) is 0 Å². The monoisotopic (exact) mass is 258 g/mol. The van der Waals surface area contributed by atoms with Gasteiger partial charge in [-0.25, -0.2) is 0 Å². The van der Waals surface area contributed by atoms with Gasteiger partial charge in [0.05, 0.1) is 0 Å². The minimum atomic E-state index is -4.26. The predicted octanol–water partition coefficient (Wildman–Crippen LogP) is -0.111. The normalized spacial score (nSPS) is 9.77. The quantitative estimate of drug-likeness (QED) is 0.451. The maximum absolute atomic E-state index is 11.9. The maximum atomic E-state index is 11.9. The Bertz CT molecular complexity index is 260. The zero-order valence-corrected chi connectivity index (χ0v) is 10.5. The molecule has 1 rings (SSSR count). The summed E-state index contributed by atoms with van der Waals surface area (Å²) in [5.74, 6) is 0. The van der Waals surface area contributed by atoms with Gasteiger partial charge in [0.1, 0.15) is 0 Å². The van der Waals surface area contributed by atoms with Gasteiger partial charge in [0.15, 0.2) is 0 Å². The summed E-state index contributed by atoms with van der Waals surface area (Å²) in [6.45, 7) is 3.39. The van der Waals surface area contributed by atoms with Gasteiger partial charge in [0.2, 0.25) is 0 Å². The summed E-state index contributed by atoms with van der Waals surface area (Å²) >= 11 is 0. The smallest absolute Gasteiger partial charge is 1.00 e. The molecular formula is C8H6ClF3Zn. The van der Waals surface area contributed by atoms with Crippen molar-refractivity contribution < 1.29 is 45.1 Å². The van der Waals surface area contributed by atoms with E-state index in [0.29, 0.717) is 5.56 Å². The van der Waals surface area contributed by atoms with E-state index in [1.807, 2.05) is 0 Å². The van der Waals surface area contributed by atoms with Crippen LogP contribution in [-0.4, -0.2) is 0 Å². The summed E-state index contributed by atoms with van der Waals surface area (Å²) in [5, 5.41) is 0. The number of hydrogen-bond acceptors (Lipinski definition) is 0. The number of rotatable bonds is 0. The Balaban J connectivity index is 0. The van der Waals surface area contributed by atoms with Crippen LogP contribution in [0.15, 0.2) is 24.3 Å². The maximum Gasteiger partial charge on any atom is 2.00 e. The van der Waals surface area contributed by atoms with Gasteiger partial charge in [-0.05, 0) is 5.56 Å². The number of alkyl halides is 3. The SMILES string of the molecule is [CH2-]c1cccc(C(F)(F)F)c1.[Cl-].[Zn+2]. The van der Waals surface area contributed by atoms with Crippen molar-refractivity contribution in [3.8, 4) is 0 Å². The second-order valence-corrected chi connectivity index (χ2v) is 2.20. The van der Waals surface area contributed by atoms with Crippen molar-refractivity contribution in [3.05, 3.63) is 42.3 Å². The van der Waals surface area contributed by atoms with Gasteiger partial charge >= 0.3 is 25.7 Å². The molecule has 0 spiro atoms. The molecule has 0 unspecified atom stereocenters. The Morgan fingerprint density at radius 3 is 2.00 bits per heavy atom. The van der Waals surface area contributed by atoms with Gasteiger partial charge in [-0.1, -0.05) is 6.07 Å². The van der Waals surface area contributed by atoms with Crippen molar-refractivity contribution in [1.82, 2.24) is 0 Å². The Kier molecular flexibility index (Phi) is 6.47. The van der Waals surface area contributed by atoms with Gasteiger partial charge in [-0.2, -0.15) is 37.8 Å². The van der Waals surface area contributed by atoms with Crippen LogP contribution in [0.25, 0.3) is 0 Å². The molecule has 0 saturated heterocycles. The topological polar surface area (TPSA) is 0 Å². The number of benzene rings is 1. The second kappa shape index (κ2) is 5.51. The fourth-order valence-electron chi connectivity index (χ4n) is 0.748. The summed E-state index contributed by atoms with van der Waals surface area (Å²) in [4.78, 5) is 0. The molecule has 68 valence electrons. The molecule has 0 amide bonds. The van der Waals surface area contributed by atoms with E-state index in [-0.39, 0.29) is 31.9 Å². The first-order valence-electron chi connectivity index (χ1n) is 2.99. The zero-order chi connectivity index (χ0) is 8.48. The summed E-state index contributed by atoms with van der Waals surface area (Å²) < 4.78 is 35.8. The molecule has 0 radical (unpaired) electrons. The molecule has 1 aromatic rings. The fourth-order valence-corrected chi connectivity index (χ4v) is 0.748. The van der Waals surface area contributed by atoms with Gasteiger partial charge in [0, 0.05) is 0 Å². The molecule has 0 saturated carbocycles. The Morgan fingerprint density at radius 2 is 1.69 bits per heavy atom. The Hall–Kier alpha value is -0.207. The average molecular weight is 260 g/mol. The van der Waals surface area contributed by atoms with Crippen molar-refractivity contribution in [1.29, 1.82) is 0 Å². The Morgan fingerprint density at radius 1 is 1.15 bits per heavy atom. The van der Waals surface area contributed by atoms with Crippen molar-refractivity contribution >= 4 is 0 Å². The van der Waals surface area contributed by atoms with Gasteiger partial charge in [0.25, 0.3) is 0 Å². The largest absolute Gasteiger partial charge is 2.00 e. The standard InChI is InChI=1S/C8H6F3.ClH.Zn/c1-6-3-2-4-7(5-6)8(9,10)11;;/h2-5H,1H2;1H;/q-1;;+2/p-1. The van der Waals surface area contributed by atoms with Crippen LogP contribution >= 0.6 is 0 Å². The summed E-state index contributed by atoms with van der Waals surface area (Å²) in [6, 6.07) is 4.90. The molecule has 0 nitrogen and oxygen atoms in total. The second-order valence-electron chi connectivity index (χ2n) is 2.20. The molecule has 0 aliphatic rings. The van der Waals surface area contributed by atoms with Crippen molar-refractivity contribution in [2.75, 3.05) is 0 Å². The molecule has 0 aliphatic heterocycles. The van der Waals surface area contributed by atoms with Crippen LogP contribution in [-0.2, 0) is 25.7 Å². The van der Waals surface area contributed by atoms with Crippen molar-refractivity contribution in [2.24, 2.45) is 0 Å². The average Bonchev–Trinajstić information content (AvgIpc) is 1.86. The summed E-state index contributed by atoms with van der Waals surface area (Å²) in [6.07, 6.45) is -4.26. The molecular weight excluding hydrogens is 254 g/mol. The number of halogens is 4. The molecule has 5 heteroatoms. The zero-order valence-electron chi connectivity index (χ0n) is 6.74. The fraction of sp³-hybridized carbons (Fsp3) is 0.125. The molecule has 0 heterocycles. The van der Waals surface area contributed by atoms with E-state index in [2.05, 4.69) is 6.92 Å². The minimum absolute atomic E-state index is 0. The van der Waals surface area contributed by atoms with E-state index in [1.54, 1.807) is 0 Å². The van der Waals surface area contributed by atoms with E-state index >= 15 is 0 Å². The molecule has 13 heavy (non-hydrogen) atoms. The third-order valence-corrected chi connectivity index (χ3v) is 1.25. The van der Waals surface area contributed by atoms with Crippen LogP contribution < -0.4 is 12.4 Å². The number of hydrogen-bond donors (Lipinski definition) is 0. The first-order valence-corrected chi connectivity index (χ1v) is 2.99. The molecule has 0 aromatic heterocycles. The van der Waals surface area contributed by atoms with Crippen LogP contribution in [0.4, 0.5) is 13.2 Å². The van der Waals surface area contributed by atoms with Crippen molar-refractivity contribution in [2.45, 2.75) is 6.18 Å². The molecule has 0 bridgehead atoms. The van der Waals surface area contributed by atoms with Crippen LogP contribution in [0.1, 0.15) is 11.1 Å². The van der Waals surface area contributed by atoms with Gasteiger partial charge in [-0.15, -0.1) is 6.07 Å².